The Morgan fingerprint density at radius 3 is 2.39 bits per heavy atom. The van der Waals surface area contributed by atoms with E-state index in [-0.39, 0.29) is 30.6 Å². The van der Waals surface area contributed by atoms with Crippen LogP contribution in [0.25, 0.3) is 0 Å². The number of carbonyl (C=O) groups is 1. The third-order valence-electron chi connectivity index (χ3n) is 4.57. The van der Waals surface area contributed by atoms with Gasteiger partial charge in [-0.2, -0.15) is 0 Å². The standard InChI is InChI=1S/C22H32N4O5/c1-5-7-12-25-20(23)19(21(28)24-22(25)29)26(13-15(3)4)18(27)14-31-17-11-9-8-10-16(17)30-6-2/h8-11,15H,5-7,12-14,23H2,1-4H3,(H,24,28,29). The van der Waals surface area contributed by atoms with Gasteiger partial charge in [-0.3, -0.25) is 19.1 Å². The number of carbonyl (C=O) groups excluding carboxylic acids is 1. The highest BCUT2D eigenvalue weighted by Gasteiger charge is 2.25. The number of aromatic amines is 1. The number of nitrogens with zero attached hydrogens (tertiary/aromatic N) is 2. The zero-order valence-corrected chi connectivity index (χ0v) is 18.6. The first-order valence-corrected chi connectivity index (χ1v) is 10.6. The summed E-state index contributed by atoms with van der Waals surface area (Å²) in [7, 11) is 0. The highest BCUT2D eigenvalue weighted by Crippen LogP contribution is 2.27. The number of rotatable bonds is 11. The van der Waals surface area contributed by atoms with Crippen molar-refractivity contribution in [1.82, 2.24) is 9.55 Å². The number of para-hydroxylation sites is 2. The molecule has 1 amide bonds. The lowest BCUT2D eigenvalue weighted by molar-refractivity contribution is -0.120. The third kappa shape index (κ3) is 6.13. The lowest BCUT2D eigenvalue weighted by atomic mass is 10.2. The van der Waals surface area contributed by atoms with Crippen LogP contribution in [0.15, 0.2) is 33.9 Å². The lowest BCUT2D eigenvalue weighted by Gasteiger charge is -2.26. The lowest BCUT2D eigenvalue weighted by Crippen LogP contribution is -2.44. The molecular formula is C22H32N4O5. The summed E-state index contributed by atoms with van der Waals surface area (Å²) >= 11 is 0. The fourth-order valence-corrected chi connectivity index (χ4v) is 3.12. The Kier molecular flexibility index (Phi) is 8.72. The molecule has 0 radical (unpaired) electrons. The molecule has 0 aliphatic heterocycles. The minimum atomic E-state index is -0.695. The zero-order valence-electron chi connectivity index (χ0n) is 18.6. The van der Waals surface area contributed by atoms with E-state index >= 15 is 0 Å². The van der Waals surface area contributed by atoms with Crippen molar-refractivity contribution >= 4 is 17.4 Å². The topological polar surface area (TPSA) is 120 Å². The zero-order chi connectivity index (χ0) is 23.0. The molecule has 1 aromatic heterocycles. The number of benzene rings is 1. The Balaban J connectivity index is 2.37. The van der Waals surface area contributed by atoms with Crippen LogP contribution >= 0.6 is 0 Å². The monoisotopic (exact) mass is 432 g/mol. The number of hydrogen-bond donors (Lipinski definition) is 2. The molecule has 0 saturated heterocycles. The van der Waals surface area contributed by atoms with Crippen LogP contribution in [0.2, 0.25) is 0 Å². The SMILES string of the molecule is CCCCn1c(N)c(N(CC(C)C)C(=O)COc2ccccc2OCC)c(=O)[nH]c1=O. The van der Waals surface area contributed by atoms with Crippen LogP contribution in [0.1, 0.15) is 40.5 Å². The second kappa shape index (κ2) is 11.2. The molecule has 1 aromatic carbocycles. The summed E-state index contributed by atoms with van der Waals surface area (Å²) in [6.07, 6.45) is 1.56. The number of aromatic nitrogens is 2. The quantitative estimate of drug-likeness (QED) is 0.563. The number of anilines is 2. The molecule has 31 heavy (non-hydrogen) atoms. The van der Waals surface area contributed by atoms with Crippen molar-refractivity contribution in [2.75, 3.05) is 30.4 Å². The molecule has 0 unspecified atom stereocenters. The van der Waals surface area contributed by atoms with Crippen LogP contribution in [0.3, 0.4) is 0 Å². The number of unbranched alkanes of at least 4 members (excludes halogenated alkanes) is 1. The van der Waals surface area contributed by atoms with Gasteiger partial charge in [-0.15, -0.1) is 0 Å². The van der Waals surface area contributed by atoms with Crippen LogP contribution in [0.5, 0.6) is 11.5 Å². The largest absolute Gasteiger partial charge is 0.490 e. The van der Waals surface area contributed by atoms with Crippen LogP contribution in [-0.2, 0) is 11.3 Å². The first-order chi connectivity index (χ1) is 14.8. The Morgan fingerprint density at radius 2 is 1.81 bits per heavy atom. The van der Waals surface area contributed by atoms with Crippen molar-refractivity contribution < 1.29 is 14.3 Å². The molecule has 0 atom stereocenters. The summed E-state index contributed by atoms with van der Waals surface area (Å²) in [5, 5.41) is 0. The number of nitrogen functional groups attached to an aromatic ring is 1. The molecule has 0 saturated carbocycles. The molecule has 0 bridgehead atoms. The predicted molar refractivity (Wildman–Crippen MR) is 121 cm³/mol. The minimum absolute atomic E-state index is 0.0223. The smallest absolute Gasteiger partial charge is 0.330 e. The number of hydrogen-bond acceptors (Lipinski definition) is 6. The fraction of sp³-hybridized carbons (Fsp3) is 0.500. The first kappa shape index (κ1) is 24.0. The number of amides is 1. The maximum absolute atomic E-state index is 13.1. The maximum Gasteiger partial charge on any atom is 0.330 e. The van der Waals surface area contributed by atoms with E-state index in [1.54, 1.807) is 18.2 Å². The van der Waals surface area contributed by atoms with Gasteiger partial charge in [0.2, 0.25) is 0 Å². The van der Waals surface area contributed by atoms with E-state index in [1.807, 2.05) is 33.8 Å². The Hall–Kier alpha value is -3.23. The second-order valence-electron chi connectivity index (χ2n) is 7.56. The summed E-state index contributed by atoms with van der Waals surface area (Å²) in [4.78, 5) is 41.5. The molecule has 0 fully saturated rings. The van der Waals surface area contributed by atoms with Crippen molar-refractivity contribution in [2.24, 2.45) is 5.92 Å². The molecule has 0 aliphatic rings. The number of nitrogens with one attached hydrogen (secondary N) is 1. The molecule has 2 rings (SSSR count). The number of ether oxygens (including phenoxy) is 2. The van der Waals surface area contributed by atoms with Gasteiger partial charge in [-0.1, -0.05) is 39.3 Å². The molecule has 3 N–H and O–H groups in total. The molecule has 0 aliphatic carbocycles. The van der Waals surface area contributed by atoms with E-state index in [2.05, 4.69) is 4.98 Å². The number of H-pyrrole nitrogens is 1. The molecular weight excluding hydrogens is 400 g/mol. The molecule has 170 valence electrons. The van der Waals surface area contributed by atoms with Crippen molar-refractivity contribution in [3.8, 4) is 11.5 Å². The average molecular weight is 433 g/mol. The summed E-state index contributed by atoms with van der Waals surface area (Å²) < 4.78 is 12.5. The maximum atomic E-state index is 13.1. The van der Waals surface area contributed by atoms with Gasteiger partial charge in [-0.25, -0.2) is 4.79 Å². The van der Waals surface area contributed by atoms with Crippen molar-refractivity contribution in [3.05, 3.63) is 45.1 Å². The summed E-state index contributed by atoms with van der Waals surface area (Å²) in [6.45, 7) is 8.42. The molecule has 9 nitrogen and oxygen atoms in total. The predicted octanol–water partition coefficient (Wildman–Crippen LogP) is 2.39. The normalized spacial score (nSPS) is 10.9. The van der Waals surface area contributed by atoms with Crippen LogP contribution in [0, 0.1) is 5.92 Å². The molecule has 1 heterocycles. The fourth-order valence-electron chi connectivity index (χ4n) is 3.12. The average Bonchev–Trinajstić information content (AvgIpc) is 2.71. The highest BCUT2D eigenvalue weighted by atomic mass is 16.5. The Bertz CT molecular complexity index is 996. The third-order valence-corrected chi connectivity index (χ3v) is 4.57. The van der Waals surface area contributed by atoms with E-state index in [9.17, 15) is 14.4 Å². The summed E-state index contributed by atoms with van der Waals surface area (Å²) in [5.74, 6) is 0.536. The van der Waals surface area contributed by atoms with Gasteiger partial charge in [0.15, 0.2) is 23.8 Å². The van der Waals surface area contributed by atoms with Gasteiger partial charge < -0.3 is 20.1 Å². The van der Waals surface area contributed by atoms with Crippen molar-refractivity contribution in [1.29, 1.82) is 0 Å². The molecule has 9 heteroatoms. The van der Waals surface area contributed by atoms with Crippen molar-refractivity contribution in [2.45, 2.75) is 47.1 Å². The summed E-state index contributed by atoms with van der Waals surface area (Å²) in [6, 6.07) is 7.05. The van der Waals surface area contributed by atoms with Crippen molar-refractivity contribution in [3.63, 3.8) is 0 Å². The van der Waals surface area contributed by atoms with Gasteiger partial charge >= 0.3 is 5.69 Å². The van der Waals surface area contributed by atoms with E-state index in [0.29, 0.717) is 31.1 Å². The van der Waals surface area contributed by atoms with E-state index < -0.39 is 17.2 Å². The van der Waals surface area contributed by atoms with Crippen LogP contribution in [-0.4, -0.2) is 35.2 Å². The minimum Gasteiger partial charge on any atom is -0.490 e. The van der Waals surface area contributed by atoms with E-state index in [4.69, 9.17) is 15.2 Å². The van der Waals surface area contributed by atoms with E-state index in [1.165, 1.54) is 9.47 Å². The Morgan fingerprint density at radius 1 is 1.16 bits per heavy atom. The molecule has 0 spiro atoms. The van der Waals surface area contributed by atoms with E-state index in [0.717, 1.165) is 6.42 Å². The summed E-state index contributed by atoms with van der Waals surface area (Å²) in [5.41, 5.74) is 4.89. The van der Waals surface area contributed by atoms with Gasteiger partial charge in [-0.05, 0) is 31.4 Å². The Labute approximate surface area is 181 Å². The van der Waals surface area contributed by atoms with Gasteiger partial charge in [0.25, 0.3) is 11.5 Å². The second-order valence-corrected chi connectivity index (χ2v) is 7.56. The highest BCUT2D eigenvalue weighted by molar-refractivity contribution is 5.96. The first-order valence-electron chi connectivity index (χ1n) is 10.6. The number of nitrogens with two attached hydrogens (primary N) is 1. The van der Waals surface area contributed by atoms with Gasteiger partial charge in [0.1, 0.15) is 5.82 Å². The molecule has 2 aromatic rings. The van der Waals surface area contributed by atoms with Crippen LogP contribution < -0.4 is 31.4 Å². The van der Waals surface area contributed by atoms with Gasteiger partial charge in [0.05, 0.1) is 6.61 Å². The van der Waals surface area contributed by atoms with Gasteiger partial charge in [0, 0.05) is 13.1 Å². The van der Waals surface area contributed by atoms with Crippen LogP contribution in [0.4, 0.5) is 11.5 Å².